The van der Waals surface area contributed by atoms with Gasteiger partial charge >= 0.3 is 0 Å². The number of hydrogen-bond acceptors (Lipinski definition) is 1. The standard InChI is InChI=1S/C11H22.C9H16O/c1-3-5-7-9-11-10-8-6-4-2;1-2-3-4-5-6-7-8-9-10/h3,5H,4,6-11H2,1-2H3;7-9H,2-6H2,1H3/b;8-7-. The minimum Gasteiger partial charge on any atom is -0.299 e. The van der Waals surface area contributed by atoms with Crippen molar-refractivity contribution >= 4 is 6.29 Å². The summed E-state index contributed by atoms with van der Waals surface area (Å²) in [5.41, 5.74) is 0. The van der Waals surface area contributed by atoms with Gasteiger partial charge in [0.05, 0.1) is 0 Å². The van der Waals surface area contributed by atoms with E-state index in [9.17, 15) is 4.79 Å². The molecule has 0 aliphatic rings. The first-order chi connectivity index (χ1) is 10.3. The van der Waals surface area contributed by atoms with Crippen LogP contribution in [0.1, 0.15) is 97.8 Å². The van der Waals surface area contributed by atoms with Crippen molar-refractivity contribution in [2.75, 3.05) is 0 Å². The fourth-order valence-corrected chi connectivity index (χ4v) is 2.05. The minimum atomic E-state index is 0.833. The lowest BCUT2D eigenvalue weighted by atomic mass is 10.1. The molecule has 0 aromatic rings. The second kappa shape index (κ2) is 24.2. The smallest absolute Gasteiger partial charge is 0.142 e. The van der Waals surface area contributed by atoms with E-state index in [2.05, 4.69) is 32.9 Å². The maximum absolute atomic E-state index is 9.81. The van der Waals surface area contributed by atoms with Crippen LogP contribution in [0.5, 0.6) is 0 Å². The number of unbranched alkanes of at least 4 members (excludes halogenated alkanes) is 10. The lowest BCUT2D eigenvalue weighted by molar-refractivity contribution is -0.104. The fourth-order valence-electron chi connectivity index (χ4n) is 2.05. The summed E-state index contributed by atoms with van der Waals surface area (Å²) in [6.45, 7) is 6.55. The Balaban J connectivity index is 0. The quantitative estimate of drug-likeness (QED) is 0.154. The second-order valence-corrected chi connectivity index (χ2v) is 5.54. The molecule has 0 unspecified atom stereocenters. The van der Waals surface area contributed by atoms with Gasteiger partial charge in [-0.2, -0.15) is 0 Å². The van der Waals surface area contributed by atoms with Crippen molar-refractivity contribution in [1.29, 1.82) is 0 Å². The predicted octanol–water partition coefficient (Wildman–Crippen LogP) is 7.03. The summed E-state index contributed by atoms with van der Waals surface area (Å²) in [6, 6.07) is 0. The van der Waals surface area contributed by atoms with Crippen molar-refractivity contribution in [3.8, 4) is 0 Å². The molecule has 0 rings (SSSR count). The van der Waals surface area contributed by atoms with Crippen LogP contribution in [0.25, 0.3) is 0 Å². The second-order valence-electron chi connectivity index (χ2n) is 5.54. The minimum absolute atomic E-state index is 0.833. The van der Waals surface area contributed by atoms with Crippen molar-refractivity contribution in [2.45, 2.75) is 97.8 Å². The van der Waals surface area contributed by atoms with Gasteiger partial charge in [-0.3, -0.25) is 4.79 Å². The SMILES string of the molecule is CC=CCCCCCCCC.CCCCCC/C=C\C=O. The number of hydrogen-bond donors (Lipinski definition) is 0. The van der Waals surface area contributed by atoms with E-state index in [0.29, 0.717) is 0 Å². The van der Waals surface area contributed by atoms with Crippen LogP contribution in [0.4, 0.5) is 0 Å². The van der Waals surface area contributed by atoms with Crippen LogP contribution in [0.15, 0.2) is 24.3 Å². The highest BCUT2D eigenvalue weighted by Crippen LogP contribution is 2.06. The van der Waals surface area contributed by atoms with Gasteiger partial charge in [-0.05, 0) is 38.7 Å². The van der Waals surface area contributed by atoms with Crippen LogP contribution in [0.2, 0.25) is 0 Å². The molecule has 0 N–H and O–H groups in total. The molecule has 0 heterocycles. The first kappa shape index (κ1) is 22.4. The van der Waals surface area contributed by atoms with Crippen molar-refractivity contribution in [3.63, 3.8) is 0 Å². The van der Waals surface area contributed by atoms with Gasteiger partial charge in [-0.15, -0.1) is 0 Å². The molecule has 0 atom stereocenters. The number of aldehydes is 1. The molecule has 0 spiro atoms. The average molecular weight is 295 g/mol. The third-order valence-corrected chi connectivity index (χ3v) is 3.40. The summed E-state index contributed by atoms with van der Waals surface area (Å²) in [7, 11) is 0. The van der Waals surface area contributed by atoms with Gasteiger partial charge in [0.1, 0.15) is 6.29 Å². The van der Waals surface area contributed by atoms with E-state index in [0.717, 1.165) is 12.7 Å². The summed E-state index contributed by atoms with van der Waals surface area (Å²) < 4.78 is 0. The lowest BCUT2D eigenvalue weighted by Gasteiger charge is -1.96. The molecule has 0 saturated carbocycles. The van der Waals surface area contributed by atoms with Gasteiger partial charge in [0.15, 0.2) is 0 Å². The molecule has 0 aliphatic carbocycles. The zero-order valence-electron chi connectivity index (χ0n) is 14.8. The average Bonchev–Trinajstić information content (AvgIpc) is 2.51. The molecule has 1 heteroatoms. The molecular formula is C20H38O. The van der Waals surface area contributed by atoms with E-state index in [1.807, 2.05) is 6.08 Å². The summed E-state index contributed by atoms with van der Waals surface area (Å²) >= 11 is 0. The molecule has 0 saturated heterocycles. The van der Waals surface area contributed by atoms with E-state index in [1.165, 1.54) is 70.6 Å². The fraction of sp³-hybridized carbons (Fsp3) is 0.750. The van der Waals surface area contributed by atoms with Crippen LogP contribution >= 0.6 is 0 Å². The lowest BCUT2D eigenvalue weighted by Crippen LogP contribution is -1.77. The monoisotopic (exact) mass is 294 g/mol. The van der Waals surface area contributed by atoms with Gasteiger partial charge in [0.2, 0.25) is 0 Å². The van der Waals surface area contributed by atoms with Crippen molar-refractivity contribution in [2.24, 2.45) is 0 Å². The maximum atomic E-state index is 9.81. The zero-order valence-corrected chi connectivity index (χ0v) is 14.8. The van der Waals surface area contributed by atoms with Crippen LogP contribution in [0, 0.1) is 0 Å². The summed E-state index contributed by atoms with van der Waals surface area (Å²) in [5.74, 6) is 0. The van der Waals surface area contributed by atoms with Crippen molar-refractivity contribution < 1.29 is 4.79 Å². The predicted molar refractivity (Wildman–Crippen MR) is 96.8 cm³/mol. The van der Waals surface area contributed by atoms with Crippen molar-refractivity contribution in [1.82, 2.24) is 0 Å². The highest BCUT2D eigenvalue weighted by atomic mass is 16.1. The number of allylic oxidation sites excluding steroid dienone is 4. The molecule has 1 nitrogen and oxygen atoms in total. The van der Waals surface area contributed by atoms with Gasteiger partial charge in [0, 0.05) is 0 Å². The van der Waals surface area contributed by atoms with E-state index >= 15 is 0 Å². The third kappa shape index (κ3) is 28.1. The van der Waals surface area contributed by atoms with Crippen molar-refractivity contribution in [3.05, 3.63) is 24.3 Å². The molecule has 0 aromatic heterocycles. The number of carbonyl (C=O) groups is 1. The van der Waals surface area contributed by atoms with Crippen LogP contribution < -0.4 is 0 Å². The van der Waals surface area contributed by atoms with Gasteiger partial charge in [-0.25, -0.2) is 0 Å². The largest absolute Gasteiger partial charge is 0.299 e. The van der Waals surface area contributed by atoms with Gasteiger partial charge in [-0.1, -0.05) is 83.4 Å². The summed E-state index contributed by atoms with van der Waals surface area (Å²) in [5, 5.41) is 0. The van der Waals surface area contributed by atoms with E-state index in [-0.39, 0.29) is 0 Å². The normalized spacial score (nSPS) is 10.8. The molecule has 0 radical (unpaired) electrons. The highest BCUT2D eigenvalue weighted by molar-refractivity contribution is 5.64. The first-order valence-corrected chi connectivity index (χ1v) is 9.04. The van der Waals surface area contributed by atoms with E-state index in [4.69, 9.17) is 0 Å². The summed E-state index contributed by atoms with van der Waals surface area (Å²) in [6.07, 6.45) is 24.6. The molecule has 0 fully saturated rings. The van der Waals surface area contributed by atoms with Crippen LogP contribution in [0.3, 0.4) is 0 Å². The third-order valence-electron chi connectivity index (χ3n) is 3.40. The molecule has 0 amide bonds. The topological polar surface area (TPSA) is 17.1 Å². The molecule has 124 valence electrons. The molecule has 0 bridgehead atoms. The van der Waals surface area contributed by atoms with Crippen LogP contribution in [-0.4, -0.2) is 6.29 Å². The molecule has 0 aromatic carbocycles. The van der Waals surface area contributed by atoms with E-state index in [1.54, 1.807) is 6.08 Å². The Morgan fingerprint density at radius 2 is 1.14 bits per heavy atom. The maximum Gasteiger partial charge on any atom is 0.142 e. The number of carbonyl (C=O) groups excluding carboxylic acids is 1. The Morgan fingerprint density at radius 3 is 1.67 bits per heavy atom. The molecular weight excluding hydrogens is 256 g/mol. The molecule has 21 heavy (non-hydrogen) atoms. The zero-order chi connectivity index (χ0) is 16.0. The first-order valence-electron chi connectivity index (χ1n) is 9.04. The Kier molecular flexibility index (Phi) is 25.8. The van der Waals surface area contributed by atoms with Gasteiger partial charge < -0.3 is 0 Å². The highest BCUT2D eigenvalue weighted by Gasteiger charge is 1.87. The number of rotatable bonds is 13. The Morgan fingerprint density at radius 1 is 0.667 bits per heavy atom. The Bertz CT molecular complexity index is 228. The molecule has 0 aliphatic heterocycles. The Hall–Kier alpha value is -0.850. The van der Waals surface area contributed by atoms with E-state index < -0.39 is 0 Å². The summed E-state index contributed by atoms with van der Waals surface area (Å²) in [4.78, 5) is 9.81. The van der Waals surface area contributed by atoms with Crippen LogP contribution in [-0.2, 0) is 4.79 Å². The Labute approximate surface area is 133 Å². The van der Waals surface area contributed by atoms with Gasteiger partial charge in [0.25, 0.3) is 0 Å².